The van der Waals surface area contributed by atoms with Crippen LogP contribution >= 0.6 is 0 Å². The third-order valence-corrected chi connectivity index (χ3v) is 6.20. The molecule has 2 nitrogen and oxygen atoms in total. The van der Waals surface area contributed by atoms with E-state index in [4.69, 9.17) is 0 Å². The zero-order chi connectivity index (χ0) is 21.8. The lowest BCUT2D eigenvalue weighted by atomic mass is 9.98. The summed E-state index contributed by atoms with van der Waals surface area (Å²) >= 11 is 0. The molecular formula is C30H27NO. The van der Waals surface area contributed by atoms with Crippen LogP contribution in [0.1, 0.15) is 34.3 Å². The van der Waals surface area contributed by atoms with Gasteiger partial charge >= 0.3 is 0 Å². The summed E-state index contributed by atoms with van der Waals surface area (Å²) in [6.45, 7) is 0. The van der Waals surface area contributed by atoms with E-state index < -0.39 is 6.10 Å². The van der Waals surface area contributed by atoms with Crippen LogP contribution in [0.2, 0.25) is 0 Å². The minimum Gasteiger partial charge on any atom is -0.387 e. The molecule has 0 aromatic heterocycles. The first-order valence-electron chi connectivity index (χ1n) is 11.2. The minimum atomic E-state index is -0.574. The van der Waals surface area contributed by atoms with Crippen LogP contribution in [0.15, 0.2) is 127 Å². The summed E-state index contributed by atoms with van der Waals surface area (Å²) in [4.78, 5) is 2.44. The van der Waals surface area contributed by atoms with Gasteiger partial charge in [-0.15, -0.1) is 0 Å². The molecule has 2 heteroatoms. The first kappa shape index (κ1) is 20.4. The van der Waals surface area contributed by atoms with E-state index in [-0.39, 0.29) is 18.1 Å². The Hall–Kier alpha value is -3.46. The highest BCUT2D eigenvalue weighted by Gasteiger charge is 2.55. The Morgan fingerprint density at radius 1 is 0.625 bits per heavy atom. The Balaban J connectivity index is 1.52. The molecule has 0 spiro atoms. The summed E-state index contributed by atoms with van der Waals surface area (Å²) in [5, 5.41) is 11.3. The molecule has 0 radical (unpaired) electrons. The SMILES string of the molecule is O[C@@H](/C=C/c1ccccc1)[C@H]1[C@@H](c2ccccc2)N1C(c1ccccc1)c1ccccc1. The lowest BCUT2D eigenvalue weighted by Crippen LogP contribution is -2.20. The van der Waals surface area contributed by atoms with Crippen molar-refractivity contribution < 1.29 is 5.11 Å². The molecule has 158 valence electrons. The van der Waals surface area contributed by atoms with Gasteiger partial charge in [-0.05, 0) is 22.3 Å². The van der Waals surface area contributed by atoms with Crippen molar-refractivity contribution in [3.8, 4) is 0 Å². The van der Waals surface area contributed by atoms with E-state index in [0.717, 1.165) is 5.56 Å². The number of benzene rings is 4. The van der Waals surface area contributed by atoms with Crippen molar-refractivity contribution in [3.63, 3.8) is 0 Å². The summed E-state index contributed by atoms with van der Waals surface area (Å²) in [7, 11) is 0. The highest BCUT2D eigenvalue weighted by Crippen LogP contribution is 2.53. The van der Waals surface area contributed by atoms with Gasteiger partial charge in [0.05, 0.1) is 24.2 Å². The van der Waals surface area contributed by atoms with E-state index >= 15 is 0 Å². The molecule has 4 aromatic rings. The predicted octanol–water partition coefficient (Wildman–Crippen LogP) is 6.28. The smallest absolute Gasteiger partial charge is 0.0898 e. The van der Waals surface area contributed by atoms with E-state index in [0.29, 0.717) is 0 Å². The fraction of sp³-hybridized carbons (Fsp3) is 0.133. The van der Waals surface area contributed by atoms with Gasteiger partial charge in [0, 0.05) is 0 Å². The van der Waals surface area contributed by atoms with Gasteiger partial charge in [-0.2, -0.15) is 0 Å². The van der Waals surface area contributed by atoms with Crippen LogP contribution < -0.4 is 0 Å². The van der Waals surface area contributed by atoms with Crippen LogP contribution in [0.25, 0.3) is 6.08 Å². The molecule has 0 bridgehead atoms. The van der Waals surface area contributed by atoms with Crippen molar-refractivity contribution in [3.05, 3.63) is 150 Å². The number of hydrogen-bond acceptors (Lipinski definition) is 2. The summed E-state index contributed by atoms with van der Waals surface area (Å²) in [5.74, 6) is 0. The average molecular weight is 418 g/mol. The molecule has 4 aromatic carbocycles. The Kier molecular flexibility index (Phi) is 5.98. The van der Waals surface area contributed by atoms with Gasteiger partial charge in [-0.1, -0.05) is 133 Å². The summed E-state index contributed by atoms with van der Waals surface area (Å²) < 4.78 is 0. The molecule has 1 heterocycles. The monoisotopic (exact) mass is 417 g/mol. The zero-order valence-corrected chi connectivity index (χ0v) is 17.9. The normalized spacial score (nSPS) is 21.0. The van der Waals surface area contributed by atoms with Crippen molar-refractivity contribution in [1.82, 2.24) is 4.90 Å². The molecule has 1 fully saturated rings. The summed E-state index contributed by atoms with van der Waals surface area (Å²) in [6, 6.07) is 42.1. The molecule has 0 saturated carbocycles. The number of nitrogens with zero attached hydrogens (tertiary/aromatic N) is 1. The molecule has 1 aliphatic rings. The average Bonchev–Trinajstić information content (AvgIpc) is 3.60. The highest BCUT2D eigenvalue weighted by atomic mass is 16.3. The van der Waals surface area contributed by atoms with Crippen molar-refractivity contribution in [2.45, 2.75) is 24.2 Å². The highest BCUT2D eigenvalue weighted by molar-refractivity contribution is 5.50. The van der Waals surface area contributed by atoms with Crippen LogP contribution in [0.5, 0.6) is 0 Å². The number of aliphatic hydroxyl groups is 1. The number of rotatable bonds is 7. The summed E-state index contributed by atoms with van der Waals surface area (Å²) in [6.07, 6.45) is 3.38. The van der Waals surface area contributed by atoms with Gasteiger partial charge in [0.15, 0.2) is 0 Å². The predicted molar refractivity (Wildman–Crippen MR) is 131 cm³/mol. The molecule has 1 aliphatic heterocycles. The largest absolute Gasteiger partial charge is 0.387 e. The lowest BCUT2D eigenvalue weighted by Gasteiger charge is -2.22. The van der Waals surface area contributed by atoms with Crippen LogP contribution in [-0.4, -0.2) is 22.2 Å². The third-order valence-electron chi connectivity index (χ3n) is 6.20. The molecule has 4 atom stereocenters. The van der Waals surface area contributed by atoms with Crippen LogP contribution in [-0.2, 0) is 0 Å². The van der Waals surface area contributed by atoms with E-state index in [1.54, 1.807) is 0 Å². The van der Waals surface area contributed by atoms with Crippen LogP contribution in [0.3, 0.4) is 0 Å². The van der Waals surface area contributed by atoms with Gasteiger partial charge in [0.1, 0.15) is 0 Å². The van der Waals surface area contributed by atoms with Gasteiger partial charge in [-0.25, -0.2) is 0 Å². The van der Waals surface area contributed by atoms with Gasteiger partial charge in [0.25, 0.3) is 0 Å². The fourth-order valence-corrected chi connectivity index (χ4v) is 4.68. The molecule has 1 unspecified atom stereocenters. The zero-order valence-electron chi connectivity index (χ0n) is 17.9. The molecule has 1 N–H and O–H groups in total. The molecule has 5 rings (SSSR count). The van der Waals surface area contributed by atoms with E-state index in [2.05, 4.69) is 102 Å². The topological polar surface area (TPSA) is 23.2 Å². The Labute approximate surface area is 190 Å². The number of aliphatic hydroxyl groups excluding tert-OH is 1. The van der Waals surface area contributed by atoms with E-state index in [1.165, 1.54) is 16.7 Å². The lowest BCUT2D eigenvalue weighted by molar-refractivity contribution is 0.196. The Bertz CT molecular complexity index is 1100. The van der Waals surface area contributed by atoms with E-state index in [1.807, 2.05) is 36.4 Å². The number of hydrogen-bond donors (Lipinski definition) is 1. The fourth-order valence-electron chi connectivity index (χ4n) is 4.68. The van der Waals surface area contributed by atoms with Crippen molar-refractivity contribution >= 4 is 6.08 Å². The van der Waals surface area contributed by atoms with Gasteiger partial charge in [0.2, 0.25) is 0 Å². The second-order valence-electron chi connectivity index (χ2n) is 8.28. The standard InChI is InChI=1S/C30H27NO/c32-27(22-21-23-13-5-1-6-14-23)30-29(26-19-11-4-12-20-26)31(30)28(24-15-7-2-8-16-24)25-17-9-3-10-18-25/h1-22,27-30,32H/b22-21+/t27-,29+,30-,31?/m0/s1. The first-order chi connectivity index (χ1) is 15.8. The van der Waals surface area contributed by atoms with Crippen molar-refractivity contribution in [2.24, 2.45) is 0 Å². The van der Waals surface area contributed by atoms with Gasteiger partial charge < -0.3 is 5.11 Å². The molecule has 1 saturated heterocycles. The second kappa shape index (κ2) is 9.35. The maximum atomic E-state index is 11.3. The van der Waals surface area contributed by atoms with Gasteiger partial charge in [-0.3, -0.25) is 4.90 Å². The third kappa shape index (κ3) is 4.29. The second-order valence-corrected chi connectivity index (χ2v) is 8.28. The van der Waals surface area contributed by atoms with Crippen molar-refractivity contribution in [1.29, 1.82) is 0 Å². The van der Waals surface area contributed by atoms with Crippen molar-refractivity contribution in [2.75, 3.05) is 0 Å². The minimum absolute atomic E-state index is 0.00257. The molecule has 32 heavy (non-hydrogen) atoms. The van der Waals surface area contributed by atoms with Crippen LogP contribution in [0.4, 0.5) is 0 Å². The quantitative estimate of drug-likeness (QED) is 0.358. The Morgan fingerprint density at radius 3 is 1.62 bits per heavy atom. The molecular weight excluding hydrogens is 390 g/mol. The molecule has 0 amide bonds. The Morgan fingerprint density at radius 2 is 1.09 bits per heavy atom. The van der Waals surface area contributed by atoms with E-state index in [9.17, 15) is 5.11 Å². The first-order valence-corrected chi connectivity index (χ1v) is 11.2. The van der Waals surface area contributed by atoms with Crippen LogP contribution in [0, 0.1) is 0 Å². The maximum Gasteiger partial charge on any atom is 0.0898 e. The maximum absolute atomic E-state index is 11.3. The summed E-state index contributed by atoms with van der Waals surface area (Å²) in [5.41, 5.74) is 4.81. The molecule has 0 aliphatic carbocycles.